The van der Waals surface area contributed by atoms with E-state index in [9.17, 15) is 9.59 Å². The van der Waals surface area contributed by atoms with Gasteiger partial charge in [-0.15, -0.1) is 0 Å². The van der Waals surface area contributed by atoms with Gasteiger partial charge in [-0.05, 0) is 24.6 Å². The van der Waals surface area contributed by atoms with Crippen LogP contribution in [-0.4, -0.2) is 52.4 Å². The summed E-state index contributed by atoms with van der Waals surface area (Å²) < 4.78 is 5.64. The van der Waals surface area contributed by atoms with Gasteiger partial charge in [-0.2, -0.15) is 0 Å². The maximum absolute atomic E-state index is 12.7. The summed E-state index contributed by atoms with van der Waals surface area (Å²) in [5.74, 6) is 0.808. The van der Waals surface area contributed by atoms with Crippen molar-refractivity contribution in [2.45, 2.75) is 29.4 Å². The third-order valence-electron chi connectivity index (χ3n) is 3.90. The summed E-state index contributed by atoms with van der Waals surface area (Å²) in [5, 5.41) is 3.21. The highest BCUT2D eigenvalue weighted by atomic mass is 32.2. The van der Waals surface area contributed by atoms with Gasteiger partial charge in [0.05, 0.1) is 5.75 Å². The van der Waals surface area contributed by atoms with E-state index in [2.05, 4.69) is 15.3 Å². The molecule has 0 spiro atoms. The molecule has 2 aromatic rings. The fourth-order valence-electron chi connectivity index (χ4n) is 2.72. The summed E-state index contributed by atoms with van der Waals surface area (Å²) in [4.78, 5) is 34.4. The normalized spacial score (nSPS) is 19.8. The summed E-state index contributed by atoms with van der Waals surface area (Å²) in [6.45, 7) is 0.333. The smallest absolute Gasteiger partial charge is 0.290 e. The molecule has 0 unspecified atom stereocenters. The molecule has 2 aromatic heterocycles. The number of thioether (sulfide) groups is 1. The molecule has 0 radical (unpaired) electrons. The van der Waals surface area contributed by atoms with Gasteiger partial charge in [-0.1, -0.05) is 11.8 Å². The number of likely N-dealkylation sites (tertiary alicyclic amines) is 1. The molecule has 1 aliphatic heterocycles. The molecule has 3 heterocycles. The zero-order chi connectivity index (χ0) is 17.8. The maximum atomic E-state index is 12.7. The molecular formula is C16H19N5O3S. The van der Waals surface area contributed by atoms with Crippen LogP contribution >= 0.6 is 11.8 Å². The van der Waals surface area contributed by atoms with Crippen molar-refractivity contribution in [3.63, 3.8) is 0 Å². The van der Waals surface area contributed by atoms with Gasteiger partial charge in [0, 0.05) is 32.0 Å². The number of likely N-dealkylation sites (N-methyl/N-ethyl adjacent to an activating group) is 1. The number of furan rings is 1. The Kier molecular flexibility index (Phi) is 5.34. The van der Waals surface area contributed by atoms with Crippen LogP contribution in [0.3, 0.4) is 0 Å². The van der Waals surface area contributed by atoms with Crippen molar-refractivity contribution in [1.82, 2.24) is 20.2 Å². The third kappa shape index (κ3) is 3.99. The van der Waals surface area contributed by atoms with Crippen molar-refractivity contribution < 1.29 is 14.0 Å². The van der Waals surface area contributed by atoms with Crippen LogP contribution in [0.2, 0.25) is 0 Å². The molecule has 2 amide bonds. The Balaban J connectivity index is 1.66. The molecule has 0 bridgehead atoms. The lowest BCUT2D eigenvalue weighted by atomic mass is 10.1. The SMILES string of the molecule is CNC(=O)[C@@H]1C[C@@H](N)CN1C(=O)c1ccc(CSc2ncccn2)o1. The lowest BCUT2D eigenvalue weighted by molar-refractivity contribution is -0.124. The second-order valence-electron chi connectivity index (χ2n) is 5.67. The number of hydrogen-bond donors (Lipinski definition) is 2. The van der Waals surface area contributed by atoms with E-state index in [1.165, 1.54) is 16.7 Å². The first-order valence-electron chi connectivity index (χ1n) is 7.85. The van der Waals surface area contributed by atoms with Gasteiger partial charge in [0.15, 0.2) is 10.9 Å². The molecule has 8 nitrogen and oxygen atoms in total. The fourth-order valence-corrected chi connectivity index (χ4v) is 3.41. The highest BCUT2D eigenvalue weighted by molar-refractivity contribution is 7.98. The predicted octanol–water partition coefficient (Wildman–Crippen LogP) is 0.650. The third-order valence-corrected chi connectivity index (χ3v) is 4.80. The van der Waals surface area contributed by atoms with Crippen LogP contribution in [0.5, 0.6) is 0 Å². The molecule has 132 valence electrons. The highest BCUT2D eigenvalue weighted by Gasteiger charge is 2.39. The first-order valence-corrected chi connectivity index (χ1v) is 8.83. The van der Waals surface area contributed by atoms with E-state index < -0.39 is 6.04 Å². The monoisotopic (exact) mass is 361 g/mol. The number of carbonyl (C=O) groups is 2. The topological polar surface area (TPSA) is 114 Å². The number of nitrogens with two attached hydrogens (primary N) is 1. The number of aromatic nitrogens is 2. The Labute approximate surface area is 149 Å². The average Bonchev–Trinajstić information content (AvgIpc) is 3.26. The molecule has 0 aliphatic carbocycles. The van der Waals surface area contributed by atoms with Crippen LogP contribution in [-0.2, 0) is 10.5 Å². The minimum Gasteiger partial charge on any atom is -0.455 e. The Morgan fingerprint density at radius 1 is 1.40 bits per heavy atom. The van der Waals surface area contributed by atoms with Crippen molar-refractivity contribution in [2.24, 2.45) is 5.73 Å². The van der Waals surface area contributed by atoms with E-state index >= 15 is 0 Å². The lowest BCUT2D eigenvalue weighted by Crippen LogP contribution is -2.44. The zero-order valence-electron chi connectivity index (χ0n) is 13.7. The lowest BCUT2D eigenvalue weighted by Gasteiger charge is -2.21. The second kappa shape index (κ2) is 7.66. The Morgan fingerprint density at radius 3 is 2.88 bits per heavy atom. The van der Waals surface area contributed by atoms with Gasteiger partial charge >= 0.3 is 0 Å². The number of rotatable bonds is 5. The van der Waals surface area contributed by atoms with Crippen LogP contribution in [0.4, 0.5) is 0 Å². The van der Waals surface area contributed by atoms with Crippen molar-refractivity contribution in [3.8, 4) is 0 Å². The Morgan fingerprint density at radius 2 is 2.16 bits per heavy atom. The van der Waals surface area contributed by atoms with Crippen LogP contribution in [0.15, 0.2) is 40.2 Å². The van der Waals surface area contributed by atoms with Crippen molar-refractivity contribution in [3.05, 3.63) is 42.1 Å². The quantitative estimate of drug-likeness (QED) is 0.593. The summed E-state index contributed by atoms with van der Waals surface area (Å²) in [6, 6.07) is 4.33. The summed E-state index contributed by atoms with van der Waals surface area (Å²) >= 11 is 1.42. The average molecular weight is 361 g/mol. The molecule has 1 aliphatic rings. The number of nitrogens with one attached hydrogen (secondary N) is 1. The van der Waals surface area contributed by atoms with Crippen molar-refractivity contribution >= 4 is 23.6 Å². The Hall–Kier alpha value is -2.39. The Bertz CT molecular complexity index is 751. The van der Waals surface area contributed by atoms with E-state index in [1.54, 1.807) is 37.6 Å². The minimum absolute atomic E-state index is 0.201. The fraction of sp³-hybridized carbons (Fsp3) is 0.375. The summed E-state index contributed by atoms with van der Waals surface area (Å²) in [5.41, 5.74) is 5.92. The molecule has 0 saturated carbocycles. The first kappa shape index (κ1) is 17.4. The number of amides is 2. The van der Waals surface area contributed by atoms with E-state index in [-0.39, 0.29) is 23.6 Å². The summed E-state index contributed by atoms with van der Waals surface area (Å²) in [6.07, 6.45) is 3.78. The molecule has 25 heavy (non-hydrogen) atoms. The number of carbonyl (C=O) groups excluding carboxylic acids is 2. The van der Waals surface area contributed by atoms with Crippen LogP contribution < -0.4 is 11.1 Å². The maximum Gasteiger partial charge on any atom is 0.290 e. The largest absolute Gasteiger partial charge is 0.455 e. The highest BCUT2D eigenvalue weighted by Crippen LogP contribution is 2.23. The van der Waals surface area contributed by atoms with Gasteiger partial charge in [0.1, 0.15) is 11.8 Å². The molecule has 0 aromatic carbocycles. The van der Waals surface area contributed by atoms with Gasteiger partial charge in [-0.3, -0.25) is 9.59 Å². The zero-order valence-corrected chi connectivity index (χ0v) is 14.5. The summed E-state index contributed by atoms with van der Waals surface area (Å²) in [7, 11) is 1.54. The van der Waals surface area contributed by atoms with Gasteiger partial charge in [0.25, 0.3) is 5.91 Å². The molecule has 2 atom stereocenters. The number of nitrogens with zero attached hydrogens (tertiary/aromatic N) is 3. The van der Waals surface area contributed by atoms with Crippen LogP contribution in [0.25, 0.3) is 0 Å². The van der Waals surface area contributed by atoms with E-state index in [1.807, 2.05) is 0 Å². The molecule has 1 fully saturated rings. The van der Waals surface area contributed by atoms with E-state index in [0.29, 0.717) is 29.6 Å². The van der Waals surface area contributed by atoms with E-state index in [0.717, 1.165) is 0 Å². The van der Waals surface area contributed by atoms with Crippen LogP contribution in [0, 0.1) is 0 Å². The molecular weight excluding hydrogens is 342 g/mol. The van der Waals surface area contributed by atoms with Crippen LogP contribution in [0.1, 0.15) is 22.7 Å². The van der Waals surface area contributed by atoms with Gasteiger partial charge in [0.2, 0.25) is 5.91 Å². The number of hydrogen-bond acceptors (Lipinski definition) is 7. The minimum atomic E-state index is -0.562. The molecule has 3 rings (SSSR count). The van der Waals surface area contributed by atoms with Gasteiger partial charge < -0.3 is 20.4 Å². The van der Waals surface area contributed by atoms with Crippen molar-refractivity contribution in [2.75, 3.05) is 13.6 Å². The van der Waals surface area contributed by atoms with Gasteiger partial charge in [-0.25, -0.2) is 9.97 Å². The predicted molar refractivity (Wildman–Crippen MR) is 91.8 cm³/mol. The second-order valence-corrected chi connectivity index (χ2v) is 6.61. The molecule has 1 saturated heterocycles. The van der Waals surface area contributed by atoms with Crippen molar-refractivity contribution in [1.29, 1.82) is 0 Å². The first-order chi connectivity index (χ1) is 12.1. The standard InChI is InChI=1S/C16H19N5O3S/c1-18-14(22)12-7-10(17)8-21(12)15(23)13-4-3-11(24-13)9-25-16-19-5-2-6-20-16/h2-6,10,12H,7-9,17H2,1H3,(H,18,22)/t10-,12+/m1/s1. The molecule has 3 N–H and O–H groups in total. The molecule has 9 heteroatoms. The van der Waals surface area contributed by atoms with E-state index in [4.69, 9.17) is 10.2 Å².